The fourth-order valence-electron chi connectivity index (χ4n) is 1.63. The number of ether oxygens (including phenoxy) is 1. The van der Waals surface area contributed by atoms with E-state index in [4.69, 9.17) is 4.74 Å². The van der Waals surface area contributed by atoms with Crippen molar-refractivity contribution in [1.82, 2.24) is 4.98 Å². The molecule has 0 amide bonds. The predicted octanol–water partition coefficient (Wildman–Crippen LogP) is 3.26. The molecule has 2 heterocycles. The summed E-state index contributed by atoms with van der Waals surface area (Å²) in [5.74, 6) is 0.573. The second kappa shape index (κ2) is 5.11. The van der Waals surface area contributed by atoms with E-state index in [0.717, 1.165) is 12.3 Å². The molecule has 0 aliphatic carbocycles. The summed E-state index contributed by atoms with van der Waals surface area (Å²) in [4.78, 5) is 4.28. The summed E-state index contributed by atoms with van der Waals surface area (Å²) in [5, 5.41) is 0. The molecule has 1 aliphatic rings. The largest absolute Gasteiger partial charge is 0.370 e. The highest BCUT2D eigenvalue weighted by molar-refractivity contribution is 5.33. The van der Waals surface area contributed by atoms with Crippen molar-refractivity contribution in [2.24, 2.45) is 0 Å². The Hall–Kier alpha value is -0.890. The molecule has 14 heavy (non-hydrogen) atoms. The van der Waals surface area contributed by atoms with Gasteiger partial charge < -0.3 is 4.74 Å². The Morgan fingerprint density at radius 1 is 1.29 bits per heavy atom. The van der Waals surface area contributed by atoms with Crippen molar-refractivity contribution in [3.05, 3.63) is 29.1 Å². The van der Waals surface area contributed by atoms with Gasteiger partial charge in [-0.2, -0.15) is 0 Å². The van der Waals surface area contributed by atoms with Crippen molar-refractivity contribution in [1.29, 1.82) is 0 Å². The minimum Gasteiger partial charge on any atom is -0.370 e. The average molecular weight is 193 g/mol. The molecule has 2 rings (SSSR count). The van der Waals surface area contributed by atoms with E-state index in [-0.39, 0.29) is 0 Å². The van der Waals surface area contributed by atoms with Gasteiger partial charge >= 0.3 is 0 Å². The van der Waals surface area contributed by atoms with E-state index >= 15 is 0 Å². The van der Waals surface area contributed by atoms with Crippen LogP contribution >= 0.6 is 0 Å². The number of hydrogen-bond acceptors (Lipinski definition) is 2. The molecule has 0 saturated carbocycles. The van der Waals surface area contributed by atoms with E-state index in [1.54, 1.807) is 0 Å². The number of nitrogens with zero attached hydrogens (tertiary/aromatic N) is 1. The van der Waals surface area contributed by atoms with Crippen molar-refractivity contribution in [3.8, 4) is 0 Å². The van der Waals surface area contributed by atoms with Gasteiger partial charge in [0.2, 0.25) is 0 Å². The number of rotatable bonds is 1. The molecule has 2 heteroatoms. The quantitative estimate of drug-likeness (QED) is 0.683. The van der Waals surface area contributed by atoms with Crippen LogP contribution in [0.5, 0.6) is 0 Å². The zero-order chi connectivity index (χ0) is 10.6. The fraction of sp³-hybridized carbons (Fsp3) is 0.583. The lowest BCUT2D eigenvalue weighted by Gasteiger charge is -2.08. The molecule has 1 aromatic heterocycles. The number of pyridine rings is 1. The molecule has 78 valence electrons. The van der Waals surface area contributed by atoms with Crippen LogP contribution in [0, 0.1) is 0 Å². The van der Waals surface area contributed by atoms with Crippen LogP contribution in [0.25, 0.3) is 0 Å². The van der Waals surface area contributed by atoms with Crippen LogP contribution in [-0.4, -0.2) is 4.98 Å². The zero-order valence-electron chi connectivity index (χ0n) is 9.50. The molecule has 0 N–H and O–H groups in total. The molecular weight excluding hydrogens is 174 g/mol. The third kappa shape index (κ3) is 2.13. The van der Waals surface area contributed by atoms with Gasteiger partial charge in [-0.25, -0.2) is 0 Å². The minimum absolute atomic E-state index is 0.573. The van der Waals surface area contributed by atoms with Crippen LogP contribution in [-0.2, 0) is 18.0 Å². The SMILES string of the molecule is CC.CC(C)c1ccnc2c1COC2. The van der Waals surface area contributed by atoms with Crippen LogP contribution < -0.4 is 0 Å². The fourth-order valence-corrected chi connectivity index (χ4v) is 1.63. The van der Waals surface area contributed by atoms with E-state index in [2.05, 4.69) is 24.9 Å². The maximum atomic E-state index is 5.34. The summed E-state index contributed by atoms with van der Waals surface area (Å²) in [6.45, 7) is 9.84. The highest BCUT2D eigenvalue weighted by Crippen LogP contribution is 2.26. The summed E-state index contributed by atoms with van der Waals surface area (Å²) in [7, 11) is 0. The molecule has 0 fully saturated rings. The monoisotopic (exact) mass is 193 g/mol. The molecular formula is C12H19NO. The van der Waals surface area contributed by atoms with Crippen molar-refractivity contribution in [3.63, 3.8) is 0 Å². The Bertz CT molecular complexity index is 294. The van der Waals surface area contributed by atoms with Gasteiger partial charge in [0, 0.05) is 11.8 Å². The van der Waals surface area contributed by atoms with E-state index in [0.29, 0.717) is 12.5 Å². The second-order valence-corrected chi connectivity index (χ2v) is 3.47. The molecule has 2 nitrogen and oxygen atoms in total. The Kier molecular flexibility index (Phi) is 4.08. The third-order valence-corrected chi connectivity index (χ3v) is 2.29. The van der Waals surface area contributed by atoms with Crippen LogP contribution in [0.1, 0.15) is 50.4 Å². The molecule has 0 bridgehead atoms. The first-order valence-corrected chi connectivity index (χ1v) is 5.33. The molecule has 1 aliphatic heterocycles. The molecule has 1 aromatic rings. The summed E-state index contributed by atoms with van der Waals surface area (Å²) < 4.78 is 5.34. The molecule has 0 radical (unpaired) electrons. The first kappa shape index (κ1) is 11.2. The molecule has 0 spiro atoms. The molecule has 0 atom stereocenters. The highest BCUT2D eigenvalue weighted by Gasteiger charge is 2.17. The maximum Gasteiger partial charge on any atom is 0.0896 e. The van der Waals surface area contributed by atoms with E-state index < -0.39 is 0 Å². The lowest BCUT2D eigenvalue weighted by molar-refractivity contribution is 0.133. The maximum absolute atomic E-state index is 5.34. The Morgan fingerprint density at radius 2 is 2.00 bits per heavy atom. The van der Waals surface area contributed by atoms with Gasteiger partial charge in [-0.15, -0.1) is 0 Å². The van der Waals surface area contributed by atoms with E-state index in [9.17, 15) is 0 Å². The van der Waals surface area contributed by atoms with E-state index in [1.807, 2.05) is 20.0 Å². The summed E-state index contributed by atoms with van der Waals surface area (Å²) in [6.07, 6.45) is 1.88. The van der Waals surface area contributed by atoms with E-state index in [1.165, 1.54) is 11.1 Å². The van der Waals surface area contributed by atoms with Gasteiger partial charge in [0.1, 0.15) is 0 Å². The summed E-state index contributed by atoms with van der Waals surface area (Å²) in [6, 6.07) is 2.10. The summed E-state index contributed by atoms with van der Waals surface area (Å²) in [5.41, 5.74) is 3.83. The topological polar surface area (TPSA) is 22.1 Å². The minimum atomic E-state index is 0.573. The third-order valence-electron chi connectivity index (χ3n) is 2.29. The van der Waals surface area contributed by atoms with Gasteiger partial charge in [0.15, 0.2) is 0 Å². The first-order chi connectivity index (χ1) is 6.79. The molecule has 0 saturated heterocycles. The number of fused-ring (bicyclic) bond motifs is 1. The number of hydrogen-bond donors (Lipinski definition) is 0. The van der Waals surface area contributed by atoms with Crippen LogP contribution in [0.2, 0.25) is 0 Å². The van der Waals surface area contributed by atoms with Gasteiger partial charge in [0.25, 0.3) is 0 Å². The van der Waals surface area contributed by atoms with Gasteiger partial charge in [-0.05, 0) is 17.5 Å². The van der Waals surface area contributed by atoms with Crippen molar-refractivity contribution in [2.75, 3.05) is 0 Å². The van der Waals surface area contributed by atoms with Crippen molar-refractivity contribution in [2.45, 2.75) is 46.8 Å². The Labute approximate surface area is 86.3 Å². The van der Waals surface area contributed by atoms with Crippen LogP contribution in [0.4, 0.5) is 0 Å². The standard InChI is InChI=1S/C10H13NO.C2H6/c1-7(2)8-3-4-11-10-6-12-5-9(8)10;1-2/h3-4,7H,5-6H2,1-2H3;1-2H3. The average Bonchev–Trinajstić information content (AvgIpc) is 2.67. The zero-order valence-corrected chi connectivity index (χ0v) is 9.50. The highest BCUT2D eigenvalue weighted by atomic mass is 16.5. The Balaban J connectivity index is 0.000000461. The van der Waals surface area contributed by atoms with Gasteiger partial charge in [0.05, 0.1) is 18.9 Å². The lowest BCUT2D eigenvalue weighted by atomic mass is 9.98. The predicted molar refractivity (Wildman–Crippen MR) is 58.2 cm³/mol. The second-order valence-electron chi connectivity index (χ2n) is 3.47. The lowest BCUT2D eigenvalue weighted by Crippen LogP contribution is -1.97. The molecule has 0 unspecified atom stereocenters. The van der Waals surface area contributed by atoms with Gasteiger partial charge in [-0.3, -0.25) is 4.98 Å². The van der Waals surface area contributed by atoms with Gasteiger partial charge in [-0.1, -0.05) is 27.7 Å². The van der Waals surface area contributed by atoms with Crippen molar-refractivity contribution >= 4 is 0 Å². The molecule has 0 aromatic carbocycles. The van der Waals surface area contributed by atoms with Crippen molar-refractivity contribution < 1.29 is 4.74 Å². The summed E-state index contributed by atoms with van der Waals surface area (Å²) >= 11 is 0. The Morgan fingerprint density at radius 3 is 2.64 bits per heavy atom. The number of aromatic nitrogens is 1. The normalized spacial score (nSPS) is 13.5. The smallest absolute Gasteiger partial charge is 0.0896 e. The van der Waals surface area contributed by atoms with Crippen LogP contribution in [0.15, 0.2) is 12.3 Å². The van der Waals surface area contributed by atoms with Crippen LogP contribution in [0.3, 0.4) is 0 Å². The first-order valence-electron chi connectivity index (χ1n) is 5.33.